The summed E-state index contributed by atoms with van der Waals surface area (Å²) in [5.74, 6) is 0.436. The number of nitrogen functional groups attached to an aromatic ring is 1. The molecule has 3 rings (SSSR count). The Morgan fingerprint density at radius 3 is 2.69 bits per heavy atom. The summed E-state index contributed by atoms with van der Waals surface area (Å²) in [5, 5.41) is 4.26. The van der Waals surface area contributed by atoms with E-state index in [1.54, 1.807) is 10.9 Å². The SMILES string of the molecule is Nc1ncnc2cnn(-c3ccccc3)c12. The first-order chi connectivity index (χ1) is 7.86. The van der Waals surface area contributed by atoms with Gasteiger partial charge in [0.05, 0.1) is 11.9 Å². The van der Waals surface area contributed by atoms with Crippen LogP contribution in [0.1, 0.15) is 0 Å². The molecule has 16 heavy (non-hydrogen) atoms. The first-order valence-electron chi connectivity index (χ1n) is 4.86. The van der Waals surface area contributed by atoms with Gasteiger partial charge >= 0.3 is 0 Å². The molecule has 0 radical (unpaired) electrons. The van der Waals surface area contributed by atoms with E-state index >= 15 is 0 Å². The lowest BCUT2D eigenvalue weighted by atomic mass is 10.3. The van der Waals surface area contributed by atoms with Crippen molar-refractivity contribution in [3.05, 3.63) is 42.9 Å². The van der Waals surface area contributed by atoms with Gasteiger partial charge in [0.1, 0.15) is 17.4 Å². The van der Waals surface area contributed by atoms with Gasteiger partial charge in [-0.3, -0.25) is 0 Å². The highest BCUT2D eigenvalue weighted by Gasteiger charge is 2.08. The highest BCUT2D eigenvalue weighted by atomic mass is 15.3. The zero-order valence-corrected chi connectivity index (χ0v) is 8.41. The Kier molecular flexibility index (Phi) is 1.83. The number of rotatable bonds is 1. The van der Waals surface area contributed by atoms with E-state index in [4.69, 9.17) is 5.73 Å². The molecule has 5 nitrogen and oxygen atoms in total. The van der Waals surface area contributed by atoms with Crippen LogP contribution in [0.3, 0.4) is 0 Å². The van der Waals surface area contributed by atoms with Crippen LogP contribution in [0.25, 0.3) is 16.7 Å². The van der Waals surface area contributed by atoms with Crippen molar-refractivity contribution in [2.75, 3.05) is 5.73 Å². The molecular weight excluding hydrogens is 202 g/mol. The second-order valence-corrected chi connectivity index (χ2v) is 3.38. The fourth-order valence-electron chi connectivity index (χ4n) is 1.65. The van der Waals surface area contributed by atoms with Gasteiger partial charge in [-0.25, -0.2) is 14.6 Å². The minimum Gasteiger partial charge on any atom is -0.382 e. The summed E-state index contributed by atoms with van der Waals surface area (Å²) in [5.41, 5.74) is 8.26. The average Bonchev–Trinajstić information content (AvgIpc) is 2.75. The zero-order valence-electron chi connectivity index (χ0n) is 8.41. The van der Waals surface area contributed by atoms with Crippen molar-refractivity contribution in [3.63, 3.8) is 0 Å². The van der Waals surface area contributed by atoms with Gasteiger partial charge in [0.25, 0.3) is 0 Å². The number of para-hydroxylation sites is 1. The highest BCUT2D eigenvalue weighted by molar-refractivity contribution is 5.85. The number of anilines is 1. The van der Waals surface area contributed by atoms with Crippen LogP contribution >= 0.6 is 0 Å². The predicted octanol–water partition coefficient (Wildman–Crippen LogP) is 1.40. The molecule has 3 aromatic rings. The lowest BCUT2D eigenvalue weighted by molar-refractivity contribution is 0.910. The quantitative estimate of drug-likeness (QED) is 0.660. The van der Waals surface area contributed by atoms with Crippen LogP contribution in [-0.4, -0.2) is 19.7 Å². The maximum Gasteiger partial charge on any atom is 0.153 e. The molecule has 2 N–H and O–H groups in total. The summed E-state index contributed by atoms with van der Waals surface area (Å²) in [6.07, 6.45) is 3.12. The number of nitrogens with two attached hydrogens (primary N) is 1. The molecular formula is C11H9N5. The van der Waals surface area contributed by atoms with Crippen LogP contribution in [-0.2, 0) is 0 Å². The number of nitrogens with zero attached hydrogens (tertiary/aromatic N) is 4. The van der Waals surface area contributed by atoms with Crippen molar-refractivity contribution in [1.82, 2.24) is 19.7 Å². The van der Waals surface area contributed by atoms with E-state index in [0.29, 0.717) is 5.82 Å². The van der Waals surface area contributed by atoms with Gasteiger partial charge in [-0.05, 0) is 12.1 Å². The van der Waals surface area contributed by atoms with Gasteiger partial charge in [0, 0.05) is 0 Å². The van der Waals surface area contributed by atoms with Crippen LogP contribution in [0.2, 0.25) is 0 Å². The summed E-state index contributed by atoms with van der Waals surface area (Å²) in [6, 6.07) is 9.76. The van der Waals surface area contributed by atoms with E-state index in [1.807, 2.05) is 30.3 Å². The third-order valence-electron chi connectivity index (χ3n) is 2.39. The number of benzene rings is 1. The number of aromatic nitrogens is 4. The third kappa shape index (κ3) is 1.22. The van der Waals surface area contributed by atoms with E-state index in [0.717, 1.165) is 16.7 Å². The van der Waals surface area contributed by atoms with Gasteiger partial charge in [-0.15, -0.1) is 0 Å². The fourth-order valence-corrected chi connectivity index (χ4v) is 1.65. The average molecular weight is 211 g/mol. The number of hydrogen-bond donors (Lipinski definition) is 1. The van der Waals surface area contributed by atoms with Crippen LogP contribution in [0.5, 0.6) is 0 Å². The first kappa shape index (κ1) is 8.84. The van der Waals surface area contributed by atoms with Gasteiger partial charge in [-0.1, -0.05) is 18.2 Å². The van der Waals surface area contributed by atoms with Gasteiger partial charge in [0.2, 0.25) is 0 Å². The predicted molar refractivity (Wildman–Crippen MR) is 61.1 cm³/mol. The molecule has 0 bridgehead atoms. The molecule has 0 atom stereocenters. The summed E-state index contributed by atoms with van der Waals surface area (Å²) in [6.45, 7) is 0. The van der Waals surface area contributed by atoms with E-state index < -0.39 is 0 Å². The minimum atomic E-state index is 0.436. The van der Waals surface area contributed by atoms with E-state index in [2.05, 4.69) is 15.1 Å². The monoisotopic (exact) mass is 211 g/mol. The normalized spacial score (nSPS) is 10.8. The molecule has 0 saturated carbocycles. The molecule has 0 amide bonds. The maximum atomic E-state index is 5.83. The molecule has 0 aliphatic carbocycles. The fraction of sp³-hybridized carbons (Fsp3) is 0. The summed E-state index contributed by atoms with van der Waals surface area (Å²) in [7, 11) is 0. The summed E-state index contributed by atoms with van der Waals surface area (Å²) < 4.78 is 1.74. The standard InChI is InChI=1S/C11H9N5/c12-11-10-9(13-7-14-11)6-15-16(10)8-4-2-1-3-5-8/h1-7H,(H2,12,13,14). The molecule has 0 aliphatic heterocycles. The van der Waals surface area contributed by atoms with Crippen LogP contribution in [0.4, 0.5) is 5.82 Å². The van der Waals surface area contributed by atoms with Crippen molar-refractivity contribution in [3.8, 4) is 5.69 Å². The Hall–Kier alpha value is -2.43. The smallest absolute Gasteiger partial charge is 0.153 e. The van der Waals surface area contributed by atoms with Crippen molar-refractivity contribution in [2.45, 2.75) is 0 Å². The number of hydrogen-bond acceptors (Lipinski definition) is 4. The molecule has 5 heteroatoms. The Bertz CT molecular complexity index is 629. The van der Waals surface area contributed by atoms with Gasteiger partial charge in [0.15, 0.2) is 5.82 Å². The molecule has 0 unspecified atom stereocenters. The van der Waals surface area contributed by atoms with E-state index in [1.165, 1.54) is 6.33 Å². The van der Waals surface area contributed by atoms with E-state index in [9.17, 15) is 0 Å². The Morgan fingerprint density at radius 1 is 1.06 bits per heavy atom. The zero-order chi connectivity index (χ0) is 11.0. The Labute approximate surface area is 91.6 Å². The third-order valence-corrected chi connectivity index (χ3v) is 2.39. The van der Waals surface area contributed by atoms with Crippen LogP contribution < -0.4 is 5.73 Å². The molecule has 0 saturated heterocycles. The Balaban J connectivity index is 2.33. The van der Waals surface area contributed by atoms with Gasteiger partial charge < -0.3 is 5.73 Å². The summed E-state index contributed by atoms with van der Waals surface area (Å²) >= 11 is 0. The lowest BCUT2D eigenvalue weighted by Gasteiger charge is -2.03. The first-order valence-corrected chi connectivity index (χ1v) is 4.86. The molecule has 1 aromatic carbocycles. The molecule has 78 valence electrons. The molecule has 2 heterocycles. The van der Waals surface area contributed by atoms with Crippen LogP contribution in [0, 0.1) is 0 Å². The molecule has 0 fully saturated rings. The lowest BCUT2D eigenvalue weighted by Crippen LogP contribution is -2.00. The van der Waals surface area contributed by atoms with Crippen molar-refractivity contribution >= 4 is 16.9 Å². The minimum absolute atomic E-state index is 0.436. The van der Waals surface area contributed by atoms with Gasteiger partial charge in [-0.2, -0.15) is 5.10 Å². The topological polar surface area (TPSA) is 69.6 Å². The Morgan fingerprint density at radius 2 is 1.88 bits per heavy atom. The summed E-state index contributed by atoms with van der Waals surface area (Å²) in [4.78, 5) is 8.09. The largest absolute Gasteiger partial charge is 0.382 e. The second kappa shape index (κ2) is 3.30. The van der Waals surface area contributed by atoms with Crippen LogP contribution in [0.15, 0.2) is 42.9 Å². The molecule has 0 spiro atoms. The number of fused-ring (bicyclic) bond motifs is 1. The van der Waals surface area contributed by atoms with Crippen molar-refractivity contribution in [1.29, 1.82) is 0 Å². The second-order valence-electron chi connectivity index (χ2n) is 3.38. The molecule has 0 aliphatic rings. The van der Waals surface area contributed by atoms with Crippen molar-refractivity contribution in [2.24, 2.45) is 0 Å². The van der Waals surface area contributed by atoms with Crippen molar-refractivity contribution < 1.29 is 0 Å². The molecule has 2 aromatic heterocycles. The maximum absolute atomic E-state index is 5.83. The van der Waals surface area contributed by atoms with E-state index in [-0.39, 0.29) is 0 Å². The highest BCUT2D eigenvalue weighted by Crippen LogP contribution is 2.19.